The first-order chi connectivity index (χ1) is 10.3. The van der Waals surface area contributed by atoms with Crippen LogP contribution < -0.4 is 5.73 Å². The fourth-order valence-corrected chi connectivity index (χ4v) is 3.51. The van der Waals surface area contributed by atoms with Gasteiger partial charge in [-0.25, -0.2) is 0 Å². The van der Waals surface area contributed by atoms with E-state index in [0.29, 0.717) is 12.5 Å². The van der Waals surface area contributed by atoms with Crippen molar-refractivity contribution in [1.82, 2.24) is 9.80 Å². The zero-order valence-electron chi connectivity index (χ0n) is 13.0. The van der Waals surface area contributed by atoms with Gasteiger partial charge in [0.25, 0.3) is 0 Å². The van der Waals surface area contributed by atoms with Crippen molar-refractivity contribution >= 4 is 17.7 Å². The number of likely N-dealkylation sites (N-methyl/N-ethyl adjacent to an activating group) is 1. The Kier molecular flexibility index (Phi) is 6.45. The van der Waals surface area contributed by atoms with Crippen LogP contribution in [0.25, 0.3) is 0 Å². The summed E-state index contributed by atoms with van der Waals surface area (Å²) in [5, 5.41) is 0. The Labute approximate surface area is 131 Å². The smallest absolute Gasteiger partial charge is 0.191 e. The molecule has 5 nitrogen and oxygen atoms in total. The Balaban J connectivity index is 2.04. The second kappa shape index (κ2) is 8.34. The van der Waals surface area contributed by atoms with E-state index in [1.165, 1.54) is 0 Å². The molecule has 2 N–H and O–H groups in total. The second-order valence-electron chi connectivity index (χ2n) is 5.05. The lowest BCUT2D eigenvalue weighted by molar-refractivity contribution is 0.198. The van der Waals surface area contributed by atoms with Crippen molar-refractivity contribution in [3.8, 4) is 0 Å². The van der Waals surface area contributed by atoms with Gasteiger partial charge in [-0.2, -0.15) is 11.8 Å². The molecule has 1 aliphatic heterocycles. The highest BCUT2D eigenvalue weighted by Crippen LogP contribution is 2.21. The Hall–Kier alpha value is -1.14. The summed E-state index contributed by atoms with van der Waals surface area (Å²) >= 11 is 1.98. The van der Waals surface area contributed by atoms with Crippen LogP contribution in [0.3, 0.4) is 0 Å². The van der Waals surface area contributed by atoms with Crippen LogP contribution in [0.2, 0.25) is 0 Å². The van der Waals surface area contributed by atoms with E-state index in [2.05, 4.69) is 28.6 Å². The molecule has 1 aromatic heterocycles. The molecule has 0 spiro atoms. The number of furan rings is 1. The number of aliphatic imine (C=N–C) groups is 1. The maximum Gasteiger partial charge on any atom is 0.191 e. The van der Waals surface area contributed by atoms with Crippen LogP contribution in [-0.2, 0) is 0 Å². The lowest BCUT2D eigenvalue weighted by atomic mass is 10.2. The molecule has 0 amide bonds. The highest BCUT2D eigenvalue weighted by molar-refractivity contribution is 7.99. The Bertz CT molecular complexity index is 425. The molecule has 1 unspecified atom stereocenters. The van der Waals surface area contributed by atoms with Gasteiger partial charge in [-0.15, -0.1) is 0 Å². The minimum Gasteiger partial charge on any atom is -0.468 e. The quantitative estimate of drug-likeness (QED) is 0.643. The van der Waals surface area contributed by atoms with Crippen LogP contribution in [0.5, 0.6) is 0 Å². The van der Waals surface area contributed by atoms with E-state index in [-0.39, 0.29) is 6.04 Å². The van der Waals surface area contributed by atoms with Gasteiger partial charge >= 0.3 is 0 Å². The van der Waals surface area contributed by atoms with Crippen molar-refractivity contribution in [2.45, 2.75) is 19.9 Å². The van der Waals surface area contributed by atoms with Gasteiger partial charge in [-0.05, 0) is 25.2 Å². The molecule has 2 rings (SSSR count). The van der Waals surface area contributed by atoms with E-state index >= 15 is 0 Å². The third-order valence-corrected chi connectivity index (χ3v) is 4.83. The summed E-state index contributed by atoms with van der Waals surface area (Å²) in [7, 11) is 0. The lowest BCUT2D eigenvalue weighted by Gasteiger charge is -2.29. The molecular weight excluding hydrogens is 284 g/mol. The summed E-state index contributed by atoms with van der Waals surface area (Å²) in [5.41, 5.74) is 6.15. The van der Waals surface area contributed by atoms with E-state index in [9.17, 15) is 0 Å². The predicted octanol–water partition coefficient (Wildman–Crippen LogP) is 2.03. The number of nitrogens with zero attached hydrogens (tertiary/aromatic N) is 3. The third kappa shape index (κ3) is 4.41. The fraction of sp³-hybridized carbons (Fsp3) is 0.667. The summed E-state index contributed by atoms with van der Waals surface area (Å²) in [4.78, 5) is 9.16. The minimum atomic E-state index is 0.160. The molecule has 21 heavy (non-hydrogen) atoms. The number of thioether (sulfide) groups is 1. The number of hydrogen-bond acceptors (Lipinski definition) is 4. The summed E-state index contributed by atoms with van der Waals surface area (Å²) in [6, 6.07) is 4.11. The average Bonchev–Trinajstić information content (AvgIpc) is 3.06. The van der Waals surface area contributed by atoms with Crippen LogP contribution in [0.15, 0.2) is 27.8 Å². The van der Waals surface area contributed by atoms with Crippen molar-refractivity contribution < 1.29 is 4.42 Å². The Morgan fingerprint density at radius 1 is 1.43 bits per heavy atom. The first-order valence-electron chi connectivity index (χ1n) is 7.66. The normalized spacial score (nSPS) is 18.2. The monoisotopic (exact) mass is 310 g/mol. The predicted molar refractivity (Wildman–Crippen MR) is 89.8 cm³/mol. The molecule has 1 fully saturated rings. The fourth-order valence-electron chi connectivity index (χ4n) is 2.60. The number of rotatable bonds is 6. The van der Waals surface area contributed by atoms with Crippen molar-refractivity contribution in [2.75, 3.05) is 44.2 Å². The van der Waals surface area contributed by atoms with Gasteiger partial charge in [0.2, 0.25) is 0 Å². The zero-order chi connectivity index (χ0) is 15.1. The summed E-state index contributed by atoms with van der Waals surface area (Å²) in [6.07, 6.45) is 1.72. The molecule has 0 aliphatic carbocycles. The van der Waals surface area contributed by atoms with Crippen molar-refractivity contribution in [3.63, 3.8) is 0 Å². The summed E-state index contributed by atoms with van der Waals surface area (Å²) in [6.45, 7) is 8.90. The average molecular weight is 310 g/mol. The van der Waals surface area contributed by atoms with E-state index in [1.54, 1.807) is 6.26 Å². The molecule has 118 valence electrons. The van der Waals surface area contributed by atoms with E-state index in [0.717, 1.165) is 43.4 Å². The molecule has 0 bridgehead atoms. The van der Waals surface area contributed by atoms with Crippen LogP contribution in [0.4, 0.5) is 0 Å². The minimum absolute atomic E-state index is 0.160. The second-order valence-corrected chi connectivity index (χ2v) is 6.28. The number of nitrogens with two attached hydrogens (primary N) is 1. The van der Waals surface area contributed by atoms with Gasteiger partial charge in [0.05, 0.1) is 18.8 Å². The standard InChI is InChI=1S/C15H26N4OS/c1-3-18(4-2)13(14-6-5-9-20-14)12-17-15(16)19-7-10-21-11-8-19/h5-6,9,13H,3-4,7-8,10-12H2,1-2H3,(H2,16,17). The summed E-state index contributed by atoms with van der Waals surface area (Å²) in [5.74, 6) is 3.89. The molecule has 0 aromatic carbocycles. The van der Waals surface area contributed by atoms with Crippen molar-refractivity contribution in [3.05, 3.63) is 24.2 Å². The zero-order valence-corrected chi connectivity index (χ0v) is 13.8. The van der Waals surface area contributed by atoms with Gasteiger partial charge in [-0.3, -0.25) is 9.89 Å². The largest absolute Gasteiger partial charge is 0.468 e. The molecule has 1 atom stereocenters. The molecule has 1 saturated heterocycles. The van der Waals surface area contributed by atoms with Gasteiger partial charge in [-0.1, -0.05) is 13.8 Å². The van der Waals surface area contributed by atoms with E-state index in [4.69, 9.17) is 10.2 Å². The van der Waals surface area contributed by atoms with Crippen LogP contribution in [-0.4, -0.2) is 60.0 Å². The molecule has 1 aromatic rings. The van der Waals surface area contributed by atoms with Crippen LogP contribution >= 0.6 is 11.8 Å². The first kappa shape index (κ1) is 16.2. The van der Waals surface area contributed by atoms with Gasteiger partial charge in [0.1, 0.15) is 5.76 Å². The Morgan fingerprint density at radius 3 is 2.71 bits per heavy atom. The molecular formula is C15H26N4OS. The molecule has 0 saturated carbocycles. The number of guanidine groups is 1. The van der Waals surface area contributed by atoms with E-state index < -0.39 is 0 Å². The van der Waals surface area contributed by atoms with Crippen LogP contribution in [0, 0.1) is 0 Å². The Morgan fingerprint density at radius 2 is 2.14 bits per heavy atom. The summed E-state index contributed by atoms with van der Waals surface area (Å²) < 4.78 is 5.59. The highest BCUT2D eigenvalue weighted by Gasteiger charge is 2.21. The van der Waals surface area contributed by atoms with E-state index in [1.807, 2.05) is 23.9 Å². The lowest BCUT2D eigenvalue weighted by Crippen LogP contribution is -2.43. The molecule has 2 heterocycles. The van der Waals surface area contributed by atoms with Crippen LogP contribution in [0.1, 0.15) is 25.6 Å². The maximum absolute atomic E-state index is 6.15. The number of hydrogen-bond donors (Lipinski definition) is 1. The molecule has 1 aliphatic rings. The van der Waals surface area contributed by atoms with Crippen molar-refractivity contribution in [1.29, 1.82) is 0 Å². The van der Waals surface area contributed by atoms with Crippen molar-refractivity contribution in [2.24, 2.45) is 10.7 Å². The van der Waals surface area contributed by atoms with Gasteiger partial charge in [0.15, 0.2) is 5.96 Å². The first-order valence-corrected chi connectivity index (χ1v) is 8.81. The van der Waals surface area contributed by atoms with Gasteiger partial charge in [0, 0.05) is 24.6 Å². The SMILES string of the molecule is CCN(CC)C(CN=C(N)N1CCSCC1)c1ccco1. The molecule has 0 radical (unpaired) electrons. The molecule has 6 heteroatoms. The third-order valence-electron chi connectivity index (χ3n) is 3.89. The maximum atomic E-state index is 6.15. The topological polar surface area (TPSA) is 58.0 Å². The van der Waals surface area contributed by atoms with Gasteiger partial charge < -0.3 is 15.1 Å². The highest BCUT2D eigenvalue weighted by atomic mass is 32.2.